The van der Waals surface area contributed by atoms with Crippen LogP contribution in [0.15, 0.2) is 6.33 Å². The number of hydrogen-bond acceptors (Lipinski definition) is 11. The predicted octanol–water partition coefficient (Wildman–Crippen LogP) is -3.07. The maximum atomic E-state index is 10.6. The zero-order valence-electron chi connectivity index (χ0n) is 16.0. The van der Waals surface area contributed by atoms with Gasteiger partial charge in [-0.15, -0.1) is 0 Å². The molecule has 0 unspecified atom stereocenters. The Morgan fingerprint density at radius 3 is 2.67 bits per heavy atom. The van der Waals surface area contributed by atoms with Gasteiger partial charge in [0.15, 0.2) is 23.2 Å². The fourth-order valence-electron chi connectivity index (χ4n) is 3.69. The van der Waals surface area contributed by atoms with Crippen molar-refractivity contribution < 1.29 is 61.7 Å². The molecule has 0 radical (unpaired) electrons. The molecule has 2 fully saturated rings. The molecule has 1 saturated heterocycles. The van der Waals surface area contributed by atoms with Crippen LogP contribution in [0.4, 0.5) is 5.82 Å². The first-order valence-electron chi connectivity index (χ1n) is 9.01. The molecular formula is C15H19ClN5NaO7S. The van der Waals surface area contributed by atoms with Gasteiger partial charge in [-0.2, -0.15) is 9.97 Å². The van der Waals surface area contributed by atoms with Gasteiger partial charge in [0, 0.05) is 6.04 Å². The smallest absolute Gasteiger partial charge is 0.726 e. The first-order valence-corrected chi connectivity index (χ1v) is 10.7. The van der Waals surface area contributed by atoms with Gasteiger partial charge >= 0.3 is 29.6 Å². The summed E-state index contributed by atoms with van der Waals surface area (Å²) < 4.78 is 43.0. The molecule has 1 aliphatic carbocycles. The third kappa shape index (κ3) is 5.06. The number of nitrogens with zero attached hydrogens (tertiary/aromatic N) is 4. The summed E-state index contributed by atoms with van der Waals surface area (Å²) in [5, 5.41) is 23.8. The van der Waals surface area contributed by atoms with Gasteiger partial charge in [0.25, 0.3) is 0 Å². The second-order valence-electron chi connectivity index (χ2n) is 7.03. The SMILES string of the molecule is O=S(=O)([O-])OC[C@H]1O[C@@H](n2cnc3c(NC4CCCC4)nc(Cl)nc32)[C@H](O)[C@@H]1O.[Na+]. The van der Waals surface area contributed by atoms with Crippen molar-refractivity contribution in [2.45, 2.75) is 56.3 Å². The van der Waals surface area contributed by atoms with E-state index in [9.17, 15) is 23.2 Å². The fourth-order valence-corrected chi connectivity index (χ4v) is 4.15. The monoisotopic (exact) mass is 471 g/mol. The Morgan fingerprint density at radius 1 is 1.30 bits per heavy atom. The molecule has 15 heteroatoms. The standard InChI is InChI=1S/C15H20ClN5O7S.Na/c16-15-19-12(18-7-3-1-2-4-7)9-13(20-15)21(6-17-9)14-11(23)10(22)8(28-14)5-27-29(24,25)26;/h6-8,10-11,14,22-23H,1-5H2,(H,18,19,20)(H,24,25,26);/q;+1/p-1/t8-,10-,11-,14-;/m1./s1. The summed E-state index contributed by atoms with van der Waals surface area (Å²) in [6.07, 6.45) is 0.266. The minimum absolute atomic E-state index is 0. The van der Waals surface area contributed by atoms with Crippen molar-refractivity contribution in [1.82, 2.24) is 19.5 Å². The maximum Gasteiger partial charge on any atom is 1.00 e. The van der Waals surface area contributed by atoms with E-state index in [0.29, 0.717) is 11.3 Å². The van der Waals surface area contributed by atoms with Gasteiger partial charge < -0.3 is 24.8 Å². The zero-order chi connectivity index (χ0) is 20.8. The summed E-state index contributed by atoms with van der Waals surface area (Å²) in [5.74, 6) is 0.455. The van der Waals surface area contributed by atoms with Crippen LogP contribution < -0.4 is 34.9 Å². The number of aliphatic hydroxyl groups excluding tert-OH is 2. The first kappa shape index (κ1) is 24.0. The molecule has 0 aromatic carbocycles. The molecule has 30 heavy (non-hydrogen) atoms. The van der Waals surface area contributed by atoms with Crippen molar-refractivity contribution in [1.29, 1.82) is 0 Å². The normalized spacial score (nSPS) is 27.5. The van der Waals surface area contributed by atoms with Crippen LogP contribution >= 0.6 is 11.6 Å². The second kappa shape index (κ2) is 9.48. The van der Waals surface area contributed by atoms with E-state index in [4.69, 9.17) is 16.3 Å². The number of hydrogen-bond donors (Lipinski definition) is 3. The van der Waals surface area contributed by atoms with Gasteiger partial charge in [0.05, 0.1) is 12.9 Å². The Morgan fingerprint density at radius 2 is 2.00 bits per heavy atom. The maximum absolute atomic E-state index is 10.6. The van der Waals surface area contributed by atoms with Crippen molar-refractivity contribution in [2.24, 2.45) is 0 Å². The number of anilines is 1. The Balaban J connectivity index is 0.00000256. The molecule has 4 rings (SSSR count). The molecule has 0 bridgehead atoms. The molecule has 1 saturated carbocycles. The van der Waals surface area contributed by atoms with Crippen LogP contribution in [0.5, 0.6) is 0 Å². The number of aliphatic hydroxyl groups is 2. The topological polar surface area (TPSA) is 172 Å². The van der Waals surface area contributed by atoms with Crippen LogP contribution in [0.25, 0.3) is 11.2 Å². The Kier molecular flexibility index (Phi) is 7.60. The number of fused-ring (bicyclic) bond motifs is 1. The molecule has 1 aliphatic heterocycles. The van der Waals surface area contributed by atoms with E-state index >= 15 is 0 Å². The fraction of sp³-hybridized carbons (Fsp3) is 0.667. The van der Waals surface area contributed by atoms with Gasteiger partial charge in [-0.25, -0.2) is 13.4 Å². The van der Waals surface area contributed by atoms with Crippen LogP contribution in [0.1, 0.15) is 31.9 Å². The van der Waals surface area contributed by atoms with Gasteiger partial charge in [-0.05, 0) is 24.4 Å². The summed E-state index contributed by atoms with van der Waals surface area (Å²) in [4.78, 5) is 12.6. The average Bonchev–Trinajstić information content (AvgIpc) is 3.35. The van der Waals surface area contributed by atoms with Gasteiger partial charge in [-0.3, -0.25) is 8.75 Å². The quantitative estimate of drug-likeness (QED) is 0.169. The minimum Gasteiger partial charge on any atom is -0.726 e. The van der Waals surface area contributed by atoms with Gasteiger partial charge in [0.2, 0.25) is 15.7 Å². The number of imidazole rings is 1. The molecule has 2 aliphatic rings. The Hall–Kier alpha value is -0.610. The van der Waals surface area contributed by atoms with E-state index < -0.39 is 41.5 Å². The average molecular weight is 472 g/mol. The minimum atomic E-state index is -4.97. The molecule has 0 spiro atoms. The molecular weight excluding hydrogens is 453 g/mol. The first-order chi connectivity index (χ1) is 13.7. The summed E-state index contributed by atoms with van der Waals surface area (Å²) >= 11 is 6.06. The Bertz CT molecular complexity index is 1000. The van der Waals surface area contributed by atoms with Crippen LogP contribution in [-0.2, 0) is 19.3 Å². The van der Waals surface area contributed by atoms with E-state index in [1.54, 1.807) is 0 Å². The molecule has 12 nitrogen and oxygen atoms in total. The predicted molar refractivity (Wildman–Crippen MR) is 97.8 cm³/mol. The molecule has 2 aromatic rings. The van der Waals surface area contributed by atoms with Crippen molar-refractivity contribution in [3.63, 3.8) is 0 Å². The summed E-state index contributed by atoms with van der Waals surface area (Å²) in [7, 11) is -4.97. The largest absolute Gasteiger partial charge is 1.00 e. The van der Waals surface area contributed by atoms with Crippen LogP contribution in [0, 0.1) is 0 Å². The number of rotatable bonds is 6. The summed E-state index contributed by atoms with van der Waals surface area (Å²) in [6, 6.07) is 0.250. The number of aromatic nitrogens is 4. The van der Waals surface area contributed by atoms with Gasteiger partial charge in [-0.1, -0.05) is 12.8 Å². The number of ether oxygens (including phenoxy) is 1. The summed E-state index contributed by atoms with van der Waals surface area (Å²) in [6.45, 7) is -0.739. The molecule has 160 valence electrons. The van der Waals surface area contributed by atoms with Crippen LogP contribution in [0.3, 0.4) is 0 Å². The third-order valence-corrected chi connectivity index (χ3v) is 5.67. The summed E-state index contributed by atoms with van der Waals surface area (Å²) in [5.41, 5.74) is 0.674. The number of halogens is 1. The van der Waals surface area contributed by atoms with Crippen molar-refractivity contribution in [3.05, 3.63) is 11.6 Å². The van der Waals surface area contributed by atoms with Crippen molar-refractivity contribution in [3.8, 4) is 0 Å². The Labute approximate surface area is 199 Å². The second-order valence-corrected chi connectivity index (χ2v) is 8.42. The van der Waals surface area contributed by atoms with E-state index in [1.807, 2.05) is 0 Å². The van der Waals surface area contributed by atoms with Gasteiger partial charge in [0.1, 0.15) is 18.3 Å². The van der Waals surface area contributed by atoms with Crippen LogP contribution in [-0.4, -0.2) is 73.7 Å². The number of nitrogens with one attached hydrogen (secondary N) is 1. The van der Waals surface area contributed by atoms with Crippen LogP contribution in [0.2, 0.25) is 5.28 Å². The molecule has 2 aromatic heterocycles. The zero-order valence-corrected chi connectivity index (χ0v) is 19.6. The van der Waals surface area contributed by atoms with E-state index in [2.05, 4.69) is 24.5 Å². The van der Waals surface area contributed by atoms with Crippen molar-refractivity contribution >= 4 is 39.0 Å². The van der Waals surface area contributed by atoms with Crippen molar-refractivity contribution in [2.75, 3.05) is 11.9 Å². The molecule has 0 amide bonds. The van der Waals surface area contributed by atoms with E-state index in [-0.39, 0.29) is 46.5 Å². The van der Waals surface area contributed by atoms with E-state index in [0.717, 1.165) is 25.7 Å². The van der Waals surface area contributed by atoms with E-state index in [1.165, 1.54) is 10.9 Å². The third-order valence-electron chi connectivity index (χ3n) is 5.08. The molecule has 3 N–H and O–H groups in total. The molecule has 4 atom stereocenters. The molecule has 3 heterocycles.